The Morgan fingerprint density at radius 3 is 2.31 bits per heavy atom. The first-order valence-electron chi connectivity index (χ1n) is 15.0. The third kappa shape index (κ3) is 7.88. The van der Waals surface area contributed by atoms with E-state index in [1.54, 1.807) is 23.1 Å². The van der Waals surface area contributed by atoms with Crippen LogP contribution in [0.5, 0.6) is 5.88 Å². The molecule has 0 aliphatic rings. The van der Waals surface area contributed by atoms with Crippen molar-refractivity contribution < 1.29 is 18.7 Å². The summed E-state index contributed by atoms with van der Waals surface area (Å²) in [5.74, 6) is -0.00570. The summed E-state index contributed by atoms with van der Waals surface area (Å²) in [5.41, 5.74) is 3.12. The van der Waals surface area contributed by atoms with Gasteiger partial charge in [0.1, 0.15) is 11.7 Å². The molecule has 0 unspecified atom stereocenters. The van der Waals surface area contributed by atoms with E-state index >= 15 is 0 Å². The summed E-state index contributed by atoms with van der Waals surface area (Å²) in [7, 11) is -2.09. The maximum atomic E-state index is 13.6. The minimum atomic E-state index is -2.09. The van der Waals surface area contributed by atoms with Gasteiger partial charge in [-0.05, 0) is 58.5 Å². The zero-order valence-corrected chi connectivity index (χ0v) is 30.3. The minimum absolute atomic E-state index is 0.0645. The van der Waals surface area contributed by atoms with Crippen LogP contribution in [0.3, 0.4) is 0 Å². The molecule has 3 aromatic heterocycles. The first kappa shape index (κ1) is 34.9. The number of anilines is 1. The number of aryl methyl sites for hydroxylation is 1. The molecule has 0 radical (unpaired) electrons. The molecular weight excluding hydrogens is 678 g/mol. The van der Waals surface area contributed by atoms with E-state index in [0.29, 0.717) is 50.8 Å². The zero-order chi connectivity index (χ0) is 32.9. The highest BCUT2D eigenvalue weighted by atomic mass is 79.9. The van der Waals surface area contributed by atoms with E-state index in [2.05, 4.69) is 87.8 Å². The Bertz CT molecular complexity index is 1560. The molecule has 4 rings (SSSR count). The predicted octanol–water partition coefficient (Wildman–Crippen LogP) is 7.31. The average Bonchev–Trinajstić information content (AvgIpc) is 3.40. The Morgan fingerprint density at radius 2 is 1.69 bits per heavy atom. The van der Waals surface area contributed by atoms with Gasteiger partial charge in [-0.2, -0.15) is 5.10 Å². The van der Waals surface area contributed by atoms with E-state index in [-0.39, 0.29) is 18.6 Å². The highest BCUT2D eigenvalue weighted by molar-refractivity contribution is 9.10. The molecule has 1 aromatic carbocycles. The standard InChI is InChI=1S/C31H41BrClN7O4Si/c1-18(2)45(19(3)4,20(5)6)43-15-22(8)42-16-26(30(41)39-27-14-34-21(7)12-35-27)44-31-23-13-38-40(29(23)36-17-37-31)28-24(32)10-9-11-25(28)33/h9-14,17-20,22,26H,15-16H2,1-8H3,(H,35,39,41)/t22-,26+/m1/s1. The van der Waals surface area contributed by atoms with Crippen molar-refractivity contribution in [1.82, 2.24) is 29.7 Å². The molecule has 0 aliphatic carbocycles. The van der Waals surface area contributed by atoms with Crippen LogP contribution in [0.4, 0.5) is 5.82 Å². The smallest absolute Gasteiger partial charge is 0.269 e. The molecule has 14 heteroatoms. The number of para-hydroxylation sites is 1. The highest BCUT2D eigenvalue weighted by Gasteiger charge is 2.45. The quantitative estimate of drug-likeness (QED) is 0.134. The van der Waals surface area contributed by atoms with Crippen LogP contribution in [0.15, 0.2) is 47.6 Å². The van der Waals surface area contributed by atoms with E-state index in [1.165, 1.54) is 12.5 Å². The van der Waals surface area contributed by atoms with E-state index in [0.717, 1.165) is 10.2 Å². The van der Waals surface area contributed by atoms with Crippen molar-refractivity contribution in [2.45, 2.75) is 84.2 Å². The molecule has 0 spiro atoms. The van der Waals surface area contributed by atoms with Gasteiger partial charge in [-0.25, -0.2) is 19.6 Å². The van der Waals surface area contributed by atoms with Gasteiger partial charge < -0.3 is 19.2 Å². The lowest BCUT2D eigenvalue weighted by Crippen LogP contribution is -2.49. The minimum Gasteiger partial charge on any atom is -0.461 e. The number of hydrogen-bond acceptors (Lipinski definition) is 9. The largest absolute Gasteiger partial charge is 0.461 e. The first-order chi connectivity index (χ1) is 21.3. The Labute approximate surface area is 278 Å². The number of nitrogens with zero attached hydrogens (tertiary/aromatic N) is 6. The van der Waals surface area contributed by atoms with Gasteiger partial charge >= 0.3 is 0 Å². The Hall–Kier alpha value is -2.97. The number of benzene rings is 1. The van der Waals surface area contributed by atoms with Gasteiger partial charge in [-0.1, -0.05) is 59.2 Å². The summed E-state index contributed by atoms with van der Waals surface area (Å²) in [5, 5.41) is 8.25. The first-order valence-corrected chi connectivity index (χ1v) is 18.3. The fourth-order valence-electron chi connectivity index (χ4n) is 5.79. The topological polar surface area (TPSA) is 126 Å². The van der Waals surface area contributed by atoms with Crippen molar-refractivity contribution in [1.29, 1.82) is 0 Å². The van der Waals surface area contributed by atoms with Gasteiger partial charge in [0, 0.05) is 4.47 Å². The monoisotopic (exact) mass is 717 g/mol. The second-order valence-electron chi connectivity index (χ2n) is 12.0. The van der Waals surface area contributed by atoms with Gasteiger partial charge in [0.2, 0.25) is 12.0 Å². The number of carbonyl (C=O) groups excluding carboxylic acids is 1. The van der Waals surface area contributed by atoms with Crippen molar-refractivity contribution in [3.05, 3.63) is 58.3 Å². The normalized spacial score (nSPS) is 13.5. The summed E-state index contributed by atoms with van der Waals surface area (Å²) in [4.78, 5) is 30.8. The van der Waals surface area contributed by atoms with E-state index in [9.17, 15) is 4.79 Å². The van der Waals surface area contributed by atoms with Crippen molar-refractivity contribution in [3.8, 4) is 11.6 Å². The molecule has 0 bridgehead atoms. The molecule has 0 saturated carbocycles. The van der Waals surface area contributed by atoms with Crippen LogP contribution in [0, 0.1) is 6.92 Å². The molecule has 0 fully saturated rings. The number of halogens is 2. The van der Waals surface area contributed by atoms with Crippen LogP contribution in [-0.4, -0.2) is 69.4 Å². The average molecular weight is 719 g/mol. The second-order valence-corrected chi connectivity index (χ2v) is 18.7. The van der Waals surface area contributed by atoms with Gasteiger partial charge in [0.25, 0.3) is 5.91 Å². The molecule has 11 nitrogen and oxygen atoms in total. The third-order valence-corrected chi connectivity index (χ3v) is 14.9. The number of hydrogen-bond donors (Lipinski definition) is 1. The Balaban J connectivity index is 1.58. The Morgan fingerprint density at radius 1 is 0.978 bits per heavy atom. The molecule has 4 aromatic rings. The number of carbonyl (C=O) groups is 1. The molecule has 3 heterocycles. The molecule has 1 amide bonds. The van der Waals surface area contributed by atoms with Gasteiger partial charge in [0.15, 0.2) is 19.8 Å². The summed E-state index contributed by atoms with van der Waals surface area (Å²) < 4.78 is 21.5. The van der Waals surface area contributed by atoms with Crippen molar-refractivity contribution in [2.75, 3.05) is 18.5 Å². The number of nitrogens with one attached hydrogen (secondary N) is 1. The molecule has 0 aliphatic heterocycles. The summed E-state index contributed by atoms with van der Waals surface area (Å²) in [6.07, 6.45) is 4.61. The van der Waals surface area contributed by atoms with Crippen molar-refractivity contribution in [2.24, 2.45) is 0 Å². The molecular formula is C31H41BrClN7O4Si. The summed E-state index contributed by atoms with van der Waals surface area (Å²) >= 11 is 10.0. The molecule has 45 heavy (non-hydrogen) atoms. The summed E-state index contributed by atoms with van der Waals surface area (Å²) in [6.45, 7) is 17.6. The van der Waals surface area contributed by atoms with Crippen LogP contribution in [-0.2, 0) is 14.0 Å². The lowest BCUT2D eigenvalue weighted by Gasteiger charge is -2.42. The maximum Gasteiger partial charge on any atom is 0.269 e. The fraction of sp³-hybridized carbons (Fsp3) is 0.484. The zero-order valence-electron chi connectivity index (χ0n) is 26.9. The lowest BCUT2D eigenvalue weighted by molar-refractivity contribution is -0.127. The predicted molar refractivity (Wildman–Crippen MR) is 182 cm³/mol. The van der Waals surface area contributed by atoms with Crippen LogP contribution in [0.2, 0.25) is 21.6 Å². The third-order valence-electron chi connectivity index (χ3n) is 7.86. The van der Waals surface area contributed by atoms with Crippen LogP contribution < -0.4 is 10.1 Å². The van der Waals surface area contributed by atoms with Crippen LogP contribution >= 0.6 is 27.5 Å². The molecule has 1 N–H and O–H groups in total. The van der Waals surface area contributed by atoms with Crippen molar-refractivity contribution >= 4 is 58.6 Å². The fourth-order valence-corrected chi connectivity index (χ4v) is 12.2. The van der Waals surface area contributed by atoms with Crippen LogP contribution in [0.25, 0.3) is 16.7 Å². The number of ether oxygens (including phenoxy) is 2. The van der Waals surface area contributed by atoms with E-state index in [1.807, 2.05) is 26.0 Å². The second kappa shape index (κ2) is 15.1. The van der Waals surface area contributed by atoms with Gasteiger partial charge in [-0.15, -0.1) is 0 Å². The maximum absolute atomic E-state index is 13.6. The van der Waals surface area contributed by atoms with Gasteiger partial charge in [0.05, 0.1) is 54.3 Å². The number of rotatable bonds is 14. The molecule has 0 saturated heterocycles. The molecule has 242 valence electrons. The number of fused-ring (bicyclic) bond motifs is 1. The Kier molecular flexibility index (Phi) is 11.7. The molecule has 2 atom stereocenters. The van der Waals surface area contributed by atoms with Gasteiger partial charge in [-0.3, -0.25) is 9.78 Å². The van der Waals surface area contributed by atoms with E-state index in [4.69, 9.17) is 25.5 Å². The summed E-state index contributed by atoms with van der Waals surface area (Å²) in [6, 6.07) is 5.45. The highest BCUT2D eigenvalue weighted by Crippen LogP contribution is 2.42. The van der Waals surface area contributed by atoms with Crippen LogP contribution in [0.1, 0.15) is 54.2 Å². The van der Waals surface area contributed by atoms with Crippen molar-refractivity contribution in [3.63, 3.8) is 0 Å². The number of amides is 1. The number of aromatic nitrogens is 6. The van der Waals surface area contributed by atoms with E-state index < -0.39 is 20.3 Å². The lowest BCUT2D eigenvalue weighted by atomic mass is 10.3. The SMILES string of the molecule is Cc1cnc(NC(=O)[C@H](CO[C@H](C)CO[Si](C(C)C)(C(C)C)C(C)C)Oc2ncnc3c2cnn3-c2c(Cl)cccc2Br)cn1.